The van der Waals surface area contributed by atoms with Gasteiger partial charge in [-0.3, -0.25) is 0 Å². The number of nitrogens with zero attached hydrogens (tertiary/aromatic N) is 2. The largest absolute Gasteiger partial charge is 0.381 e. The molecule has 104 valence electrons. The van der Waals surface area contributed by atoms with Gasteiger partial charge >= 0.3 is 0 Å². The number of aromatic nitrogens is 1. The van der Waals surface area contributed by atoms with Crippen LogP contribution in [0.25, 0.3) is 10.2 Å². The minimum absolute atomic E-state index is 0.0721. The molecule has 3 aromatic rings. The lowest BCUT2D eigenvalue weighted by Crippen LogP contribution is -2.00. The molecule has 0 saturated carbocycles. The summed E-state index contributed by atoms with van der Waals surface area (Å²) < 4.78 is 14.4. The van der Waals surface area contributed by atoms with E-state index in [0.717, 1.165) is 26.5 Å². The summed E-state index contributed by atoms with van der Waals surface area (Å²) in [5.74, 6) is -0.484. The van der Waals surface area contributed by atoms with Gasteiger partial charge in [0.1, 0.15) is 11.9 Å². The number of fused-ring (bicyclic) bond motifs is 1. The van der Waals surface area contributed by atoms with Crippen molar-refractivity contribution in [3.63, 3.8) is 0 Å². The lowest BCUT2D eigenvalue weighted by Gasteiger charge is -2.07. The van der Waals surface area contributed by atoms with Crippen LogP contribution < -0.4 is 5.32 Å². The molecule has 5 heteroatoms. The maximum absolute atomic E-state index is 13.3. The SMILES string of the molecule is Cc1nc2ccc(NCc3ccc(F)c(C#N)c3)cc2s1. The van der Waals surface area contributed by atoms with Gasteiger partial charge < -0.3 is 5.32 Å². The fraction of sp³-hybridized carbons (Fsp3) is 0.125. The molecule has 0 aliphatic heterocycles. The number of nitriles is 1. The third-order valence-corrected chi connectivity index (χ3v) is 4.08. The molecule has 1 N–H and O–H groups in total. The topological polar surface area (TPSA) is 48.7 Å². The predicted octanol–water partition coefficient (Wildman–Crippen LogP) is 4.23. The van der Waals surface area contributed by atoms with E-state index in [1.165, 1.54) is 6.07 Å². The molecule has 1 heterocycles. The van der Waals surface area contributed by atoms with Gasteiger partial charge in [-0.1, -0.05) is 6.07 Å². The Balaban J connectivity index is 1.78. The van der Waals surface area contributed by atoms with Crippen molar-refractivity contribution >= 4 is 27.2 Å². The van der Waals surface area contributed by atoms with Gasteiger partial charge in [0.05, 0.1) is 20.8 Å². The average Bonchev–Trinajstić information content (AvgIpc) is 2.85. The monoisotopic (exact) mass is 297 g/mol. The zero-order chi connectivity index (χ0) is 14.8. The number of hydrogen-bond acceptors (Lipinski definition) is 4. The molecular weight excluding hydrogens is 285 g/mol. The first-order chi connectivity index (χ1) is 10.2. The Morgan fingerprint density at radius 3 is 2.95 bits per heavy atom. The third-order valence-electron chi connectivity index (χ3n) is 3.14. The second-order valence-corrected chi connectivity index (χ2v) is 5.93. The summed E-state index contributed by atoms with van der Waals surface area (Å²) in [7, 11) is 0. The molecule has 0 radical (unpaired) electrons. The second kappa shape index (κ2) is 5.51. The molecule has 21 heavy (non-hydrogen) atoms. The Labute approximate surface area is 125 Å². The predicted molar refractivity (Wildman–Crippen MR) is 82.8 cm³/mol. The number of anilines is 1. The molecule has 0 bridgehead atoms. The van der Waals surface area contributed by atoms with Crippen molar-refractivity contribution in [1.82, 2.24) is 4.98 Å². The first-order valence-electron chi connectivity index (χ1n) is 6.45. The number of nitrogens with one attached hydrogen (secondary N) is 1. The van der Waals surface area contributed by atoms with Crippen LogP contribution in [0.3, 0.4) is 0 Å². The molecule has 0 spiro atoms. The first kappa shape index (κ1) is 13.5. The molecule has 0 amide bonds. The molecule has 0 unspecified atom stereocenters. The highest BCUT2D eigenvalue weighted by Gasteiger charge is 2.04. The van der Waals surface area contributed by atoms with Gasteiger partial charge in [-0.15, -0.1) is 11.3 Å². The quantitative estimate of drug-likeness (QED) is 0.787. The zero-order valence-electron chi connectivity index (χ0n) is 11.4. The van der Waals surface area contributed by atoms with Crippen LogP contribution in [-0.2, 0) is 6.54 Å². The van der Waals surface area contributed by atoms with Gasteiger partial charge in [0.15, 0.2) is 0 Å². The van der Waals surface area contributed by atoms with Gasteiger partial charge in [0, 0.05) is 12.2 Å². The summed E-state index contributed by atoms with van der Waals surface area (Å²) in [4.78, 5) is 4.42. The van der Waals surface area contributed by atoms with Gasteiger partial charge in [0.2, 0.25) is 0 Å². The standard InChI is InChI=1S/C16H12FN3S/c1-10-20-15-5-3-13(7-16(15)21-10)19-9-11-2-4-14(17)12(6-11)8-18/h2-7,19H,9H2,1H3. The number of hydrogen-bond donors (Lipinski definition) is 1. The number of benzene rings is 2. The molecule has 0 aliphatic rings. The van der Waals surface area contributed by atoms with E-state index < -0.39 is 5.82 Å². The summed E-state index contributed by atoms with van der Waals surface area (Å²) in [6, 6.07) is 12.4. The Morgan fingerprint density at radius 1 is 1.29 bits per heavy atom. The van der Waals surface area contributed by atoms with E-state index in [-0.39, 0.29) is 5.56 Å². The number of aryl methyl sites for hydroxylation is 1. The number of rotatable bonds is 3. The van der Waals surface area contributed by atoms with Crippen LogP contribution in [0.4, 0.5) is 10.1 Å². The van der Waals surface area contributed by atoms with Crippen molar-refractivity contribution in [2.24, 2.45) is 0 Å². The molecule has 3 nitrogen and oxygen atoms in total. The van der Waals surface area contributed by atoms with Crippen molar-refractivity contribution in [2.45, 2.75) is 13.5 Å². The van der Waals surface area contributed by atoms with Crippen molar-refractivity contribution in [3.05, 3.63) is 58.3 Å². The first-order valence-corrected chi connectivity index (χ1v) is 7.27. The highest BCUT2D eigenvalue weighted by atomic mass is 32.1. The normalized spacial score (nSPS) is 10.5. The molecule has 3 rings (SSSR count). The zero-order valence-corrected chi connectivity index (χ0v) is 12.2. The van der Waals surface area contributed by atoms with E-state index in [2.05, 4.69) is 16.4 Å². The number of halogens is 1. The maximum atomic E-state index is 13.3. The molecule has 2 aromatic carbocycles. The number of thiazole rings is 1. The van der Waals surface area contributed by atoms with E-state index in [0.29, 0.717) is 6.54 Å². The minimum atomic E-state index is -0.484. The fourth-order valence-corrected chi connectivity index (χ4v) is 2.99. The smallest absolute Gasteiger partial charge is 0.140 e. The van der Waals surface area contributed by atoms with Crippen LogP contribution in [0, 0.1) is 24.1 Å². The molecule has 1 aromatic heterocycles. The van der Waals surface area contributed by atoms with Crippen LogP contribution in [0.5, 0.6) is 0 Å². The van der Waals surface area contributed by atoms with Gasteiger partial charge in [0.25, 0.3) is 0 Å². The highest BCUT2D eigenvalue weighted by molar-refractivity contribution is 7.18. The van der Waals surface area contributed by atoms with Crippen LogP contribution in [0.15, 0.2) is 36.4 Å². The molecule has 0 saturated heterocycles. The van der Waals surface area contributed by atoms with Crippen LogP contribution in [0.1, 0.15) is 16.1 Å². The third kappa shape index (κ3) is 2.86. The van der Waals surface area contributed by atoms with Crippen molar-refractivity contribution in [3.8, 4) is 6.07 Å². The van der Waals surface area contributed by atoms with Crippen LogP contribution >= 0.6 is 11.3 Å². The Bertz CT molecular complexity index is 848. The minimum Gasteiger partial charge on any atom is -0.381 e. The van der Waals surface area contributed by atoms with E-state index >= 15 is 0 Å². The van der Waals surface area contributed by atoms with Crippen LogP contribution in [0.2, 0.25) is 0 Å². The van der Waals surface area contributed by atoms with Crippen LogP contribution in [-0.4, -0.2) is 4.98 Å². The lowest BCUT2D eigenvalue weighted by atomic mass is 10.1. The van der Waals surface area contributed by atoms with Gasteiger partial charge in [-0.2, -0.15) is 5.26 Å². The Kier molecular flexibility index (Phi) is 3.55. The van der Waals surface area contributed by atoms with Crippen molar-refractivity contribution in [2.75, 3.05) is 5.32 Å². The van der Waals surface area contributed by atoms with E-state index in [9.17, 15) is 4.39 Å². The summed E-state index contributed by atoms with van der Waals surface area (Å²) in [6.45, 7) is 2.53. The Hall–Kier alpha value is -2.45. The Morgan fingerprint density at radius 2 is 2.14 bits per heavy atom. The van der Waals surface area contributed by atoms with E-state index in [1.54, 1.807) is 23.5 Å². The van der Waals surface area contributed by atoms with E-state index in [4.69, 9.17) is 5.26 Å². The molecular formula is C16H12FN3S. The van der Waals surface area contributed by atoms with E-state index in [1.807, 2.05) is 25.1 Å². The van der Waals surface area contributed by atoms with Crippen molar-refractivity contribution < 1.29 is 4.39 Å². The summed E-state index contributed by atoms with van der Waals surface area (Å²) >= 11 is 1.65. The highest BCUT2D eigenvalue weighted by Crippen LogP contribution is 2.25. The molecule has 0 aliphatic carbocycles. The summed E-state index contributed by atoms with van der Waals surface area (Å²) in [6.07, 6.45) is 0. The summed E-state index contributed by atoms with van der Waals surface area (Å²) in [5.41, 5.74) is 2.92. The van der Waals surface area contributed by atoms with Gasteiger partial charge in [-0.25, -0.2) is 9.37 Å². The molecule has 0 atom stereocenters. The second-order valence-electron chi connectivity index (χ2n) is 4.69. The maximum Gasteiger partial charge on any atom is 0.140 e. The molecule has 0 fully saturated rings. The fourth-order valence-electron chi connectivity index (χ4n) is 2.12. The van der Waals surface area contributed by atoms with Gasteiger partial charge in [-0.05, 0) is 42.8 Å². The average molecular weight is 297 g/mol. The summed E-state index contributed by atoms with van der Waals surface area (Å²) in [5, 5.41) is 13.2. The lowest BCUT2D eigenvalue weighted by molar-refractivity contribution is 0.623. The van der Waals surface area contributed by atoms with Crippen molar-refractivity contribution in [1.29, 1.82) is 5.26 Å².